The Kier molecular flexibility index (Phi) is 79.1. The minimum atomic E-state index is -0.654. The second-order valence-electron chi connectivity index (χ2n) is 20.8. The first-order valence-corrected chi connectivity index (χ1v) is 29.2. The molecule has 7 heteroatoms. The van der Waals surface area contributed by atoms with Gasteiger partial charge in [-0.25, -0.2) is 0 Å². The zero-order valence-corrected chi connectivity index (χ0v) is 47.7. The number of aliphatic hydroxyl groups is 1. The number of carbonyl (C=O) groups is 1. The summed E-state index contributed by atoms with van der Waals surface area (Å²) in [5.74, 6) is 2.41. The molecule has 2 N–H and O–H groups in total. The third kappa shape index (κ3) is 94.1. The van der Waals surface area contributed by atoms with Crippen molar-refractivity contribution in [1.29, 1.82) is 0 Å². The summed E-state index contributed by atoms with van der Waals surface area (Å²) in [5, 5.41) is 16.7. The molecular weight excluding hydrogens is 884 g/mol. The Labute approximate surface area is 423 Å². The van der Waals surface area contributed by atoms with Gasteiger partial charge in [-0.2, -0.15) is 12.8 Å². The minimum absolute atomic E-state index is 0.300. The van der Waals surface area contributed by atoms with Gasteiger partial charge in [-0.1, -0.05) is 299 Å². The van der Waals surface area contributed by atoms with E-state index in [1.807, 2.05) is 26.4 Å². The number of aliphatic carboxylic acids is 1. The molecule has 0 unspecified atom stereocenters. The molecule has 0 aromatic rings. The molecule has 6 nitrogen and oxygen atoms in total. The van der Waals surface area contributed by atoms with Crippen LogP contribution in [0.3, 0.4) is 0 Å². The average molecular weight is 1000 g/mol. The molecule has 0 aliphatic heterocycles. The maximum absolute atomic E-state index is 10.3. The van der Waals surface area contributed by atoms with E-state index in [1.54, 1.807) is 0 Å². The van der Waals surface area contributed by atoms with E-state index in [2.05, 4.69) is 41.5 Å². The topological polar surface area (TPSA) is 109 Å². The number of aliphatic hydroxyl groups excluding tert-OH is 1. The normalized spacial score (nSPS) is 10.8. The Bertz CT molecular complexity index is 808. The first-order chi connectivity index (χ1) is 31.4. The summed E-state index contributed by atoms with van der Waals surface area (Å²) in [6, 6.07) is 0. The van der Waals surface area contributed by atoms with Crippen LogP contribution >= 0.6 is 0 Å². The van der Waals surface area contributed by atoms with Crippen molar-refractivity contribution in [2.24, 2.45) is 23.7 Å². The molecule has 0 amide bonds. The summed E-state index contributed by atoms with van der Waals surface area (Å²) in [4.78, 5) is 30.4. The van der Waals surface area contributed by atoms with Crippen LogP contribution in [0.2, 0.25) is 0 Å². The Hall–Kier alpha value is -0.547. The molecule has 0 spiro atoms. The summed E-state index contributed by atoms with van der Waals surface area (Å²) in [6.07, 6.45) is 57.9. The molecule has 0 atom stereocenters. The van der Waals surface area contributed by atoms with Crippen LogP contribution in [0.1, 0.15) is 325 Å². The van der Waals surface area contributed by atoms with Gasteiger partial charge in [0.1, 0.15) is 0 Å². The van der Waals surface area contributed by atoms with Crippen LogP contribution in [-0.4, -0.2) is 35.4 Å². The van der Waals surface area contributed by atoms with Crippen LogP contribution in [0.15, 0.2) is 0 Å². The van der Waals surface area contributed by atoms with Crippen molar-refractivity contribution in [2.75, 3.05) is 6.61 Å². The van der Waals surface area contributed by atoms with Crippen molar-refractivity contribution in [2.45, 2.75) is 325 Å². The van der Waals surface area contributed by atoms with Gasteiger partial charge in [-0.15, -0.1) is 0 Å². The van der Waals surface area contributed by atoms with Crippen molar-refractivity contribution in [3.05, 3.63) is 0 Å². The van der Waals surface area contributed by atoms with E-state index >= 15 is 0 Å². The van der Waals surface area contributed by atoms with Crippen LogP contribution < -0.4 is 0 Å². The van der Waals surface area contributed by atoms with Crippen molar-refractivity contribution in [3.63, 3.8) is 0 Å². The van der Waals surface area contributed by atoms with Gasteiger partial charge in [0.15, 0.2) is 0 Å². The van der Waals surface area contributed by atoms with Crippen molar-refractivity contribution in [3.8, 4) is 0 Å². The second-order valence-corrected chi connectivity index (χ2v) is 20.8. The molecule has 65 heavy (non-hydrogen) atoms. The molecule has 0 bridgehead atoms. The van der Waals surface area contributed by atoms with Crippen LogP contribution in [0, 0.1) is 23.7 Å². The fourth-order valence-electron chi connectivity index (χ4n) is 7.63. The van der Waals surface area contributed by atoms with Crippen molar-refractivity contribution >= 4 is 18.5 Å². The van der Waals surface area contributed by atoms with Gasteiger partial charge >= 0.3 is 33.5 Å². The van der Waals surface area contributed by atoms with Crippen LogP contribution in [0.25, 0.3) is 0 Å². The van der Waals surface area contributed by atoms with Gasteiger partial charge < -0.3 is 19.8 Å². The Morgan fingerprint density at radius 3 is 0.662 bits per heavy atom. The summed E-state index contributed by atoms with van der Waals surface area (Å²) in [7, 11) is 0. The number of carboxylic acid groups (broad SMARTS) is 1. The molecule has 0 saturated carbocycles. The number of rotatable bonds is 46. The third-order valence-corrected chi connectivity index (χ3v) is 11.9. The molecule has 388 valence electrons. The SMILES string of the molecule is CC(C)CCCCCCCCCCCCCCC(=O)O.CC(C)CCCCCCCCCCCCCC[C-]=O.CC(C)CCCCCCCCCCCCCC[C-]=O.CC(C)CO.[O]=[Zr+2]. The summed E-state index contributed by atoms with van der Waals surface area (Å²) < 4.78 is 8.34. The standard InChI is InChI=1S/C18H36O2.2C18H35O.C4H10O.O.Zr/c1-17(2)15-13-11-9-7-5-3-4-6-8-10-12-14-16-18(19)20;2*1-18(2)16-14-12-10-8-6-4-3-5-7-9-11-13-15-17-19;1-4(2)3-5;;/h17H,3-16H2,1-2H3,(H,19,20);2*18H,3-16H2,1-2H3;4-5H,3H2,1-2H3;;/q;2*-1;;;+2. The van der Waals surface area contributed by atoms with Gasteiger partial charge in [-0.3, -0.25) is 17.4 Å². The molecule has 0 aromatic carbocycles. The first kappa shape index (κ1) is 73.4. The second kappa shape index (κ2) is 70.0. The van der Waals surface area contributed by atoms with Gasteiger partial charge in [-0.05, 0) is 30.1 Å². The molecule has 0 fully saturated rings. The fourth-order valence-corrected chi connectivity index (χ4v) is 7.63. The number of carbonyl (C=O) groups excluding carboxylic acids is 2. The number of unbranched alkanes of at least 4 members (excludes halogenated alkanes) is 35. The van der Waals surface area contributed by atoms with E-state index in [0.717, 1.165) is 43.4 Å². The molecule has 0 radical (unpaired) electrons. The van der Waals surface area contributed by atoms with Crippen molar-refractivity contribution < 1.29 is 52.1 Å². The van der Waals surface area contributed by atoms with Gasteiger partial charge in [0.05, 0.1) is 0 Å². The summed E-state index contributed by atoms with van der Waals surface area (Å²) in [6.45, 7) is 18.1. The van der Waals surface area contributed by atoms with Gasteiger partial charge in [0.2, 0.25) is 0 Å². The van der Waals surface area contributed by atoms with E-state index in [4.69, 9.17) is 13.0 Å². The molecule has 0 heterocycles. The summed E-state index contributed by atoms with van der Waals surface area (Å²) in [5.41, 5.74) is 0. The number of hydrogen-bond acceptors (Lipinski definition) is 5. The van der Waals surface area contributed by atoms with Crippen LogP contribution in [-0.2, 0) is 41.9 Å². The Morgan fingerprint density at radius 2 is 0.508 bits per heavy atom. The van der Waals surface area contributed by atoms with Crippen LogP contribution in [0.5, 0.6) is 0 Å². The Balaban J connectivity index is -0.000000257. The fraction of sp³-hybridized carbons (Fsp3) is 0.948. The molecule has 0 aliphatic carbocycles. The average Bonchev–Trinajstić information content (AvgIpc) is 3.27. The predicted molar refractivity (Wildman–Crippen MR) is 280 cm³/mol. The van der Waals surface area contributed by atoms with E-state index in [0.29, 0.717) is 56.5 Å². The molecule has 0 aliphatic rings. The number of carboxylic acids is 1. The molecule has 0 aromatic heterocycles. The predicted octanol–water partition coefficient (Wildman–Crippen LogP) is 19.1. The van der Waals surface area contributed by atoms with Crippen molar-refractivity contribution in [1.82, 2.24) is 0 Å². The molecule has 0 saturated heterocycles. The zero-order valence-electron chi connectivity index (χ0n) is 45.2. The van der Waals surface area contributed by atoms with Gasteiger partial charge in [0, 0.05) is 13.0 Å². The van der Waals surface area contributed by atoms with Gasteiger partial charge in [0.25, 0.3) is 0 Å². The first-order valence-electron chi connectivity index (χ1n) is 28.2. The third-order valence-electron chi connectivity index (χ3n) is 11.9. The quantitative estimate of drug-likeness (QED) is 0.0464. The van der Waals surface area contributed by atoms with E-state index in [1.165, 1.54) is 225 Å². The van der Waals surface area contributed by atoms with Crippen LogP contribution in [0.4, 0.5) is 0 Å². The maximum atomic E-state index is 10.3. The zero-order chi connectivity index (χ0) is 49.7. The number of hydrogen-bond donors (Lipinski definition) is 2. The Morgan fingerprint density at radius 1 is 0.338 bits per heavy atom. The molecular formula is C58H116O6Zr. The van der Waals surface area contributed by atoms with E-state index in [9.17, 15) is 14.4 Å². The summed E-state index contributed by atoms with van der Waals surface area (Å²) >= 11 is 0.300. The van der Waals surface area contributed by atoms with E-state index in [-0.39, 0.29) is 0 Å². The molecule has 0 rings (SSSR count). The monoisotopic (exact) mass is 999 g/mol. The van der Waals surface area contributed by atoms with E-state index < -0.39 is 5.97 Å².